The number of aromatic hydroxyl groups is 1. The molecule has 2 aliphatic heterocycles. The molecule has 0 bridgehead atoms. The van der Waals surface area contributed by atoms with Crippen molar-refractivity contribution >= 4 is 45.5 Å². The summed E-state index contributed by atoms with van der Waals surface area (Å²) in [4.78, 5) is 44.3. The SMILES string of the molecule is COC(=O)N1C(=O)[C@@H]2[C@@H](CC(COc3ccccc3)=C3[C@@H](CC/C(=C/c4cc(Br)ccc4O)c4ccccn4)OC[C@@H]32)C1=O. The molecule has 2 fully saturated rings. The summed E-state index contributed by atoms with van der Waals surface area (Å²) in [6.07, 6.45) is 3.76. The predicted molar refractivity (Wildman–Crippen MR) is 165 cm³/mol. The largest absolute Gasteiger partial charge is 0.507 e. The lowest BCUT2D eigenvalue weighted by atomic mass is 9.69. The van der Waals surface area contributed by atoms with Crippen LogP contribution in [0.15, 0.2) is 88.5 Å². The number of halogens is 1. The number of hydrogen-bond acceptors (Lipinski definition) is 8. The van der Waals surface area contributed by atoms with E-state index < -0.39 is 29.7 Å². The van der Waals surface area contributed by atoms with Crippen LogP contribution in [-0.2, 0) is 19.1 Å². The minimum atomic E-state index is -0.963. The third kappa shape index (κ3) is 5.79. The number of allylic oxidation sites excluding steroid dienone is 1. The summed E-state index contributed by atoms with van der Waals surface area (Å²) in [5.74, 6) is -1.99. The van der Waals surface area contributed by atoms with Crippen molar-refractivity contribution in [2.24, 2.45) is 17.8 Å². The van der Waals surface area contributed by atoms with Gasteiger partial charge in [0.05, 0.1) is 37.4 Å². The Hall–Kier alpha value is -4.28. The maximum Gasteiger partial charge on any atom is 0.423 e. The minimum absolute atomic E-state index is 0.153. The van der Waals surface area contributed by atoms with E-state index in [9.17, 15) is 19.5 Å². The van der Waals surface area contributed by atoms with Gasteiger partial charge < -0.3 is 19.3 Å². The van der Waals surface area contributed by atoms with E-state index in [2.05, 4.69) is 20.9 Å². The fourth-order valence-electron chi connectivity index (χ4n) is 6.51. The van der Waals surface area contributed by atoms with Crippen LogP contribution >= 0.6 is 15.9 Å². The van der Waals surface area contributed by atoms with Gasteiger partial charge in [-0.25, -0.2) is 4.79 Å². The number of imide groups is 3. The number of amides is 3. The van der Waals surface area contributed by atoms with Crippen molar-refractivity contribution in [3.63, 3.8) is 0 Å². The number of carbonyl (C=O) groups excluding carboxylic acids is 3. The van der Waals surface area contributed by atoms with E-state index in [1.54, 1.807) is 18.3 Å². The highest BCUT2D eigenvalue weighted by atomic mass is 79.9. The fourth-order valence-corrected chi connectivity index (χ4v) is 6.88. The number of ether oxygens (including phenoxy) is 3. The first-order valence-electron chi connectivity index (χ1n) is 14.4. The van der Waals surface area contributed by atoms with Crippen molar-refractivity contribution in [2.75, 3.05) is 20.3 Å². The van der Waals surface area contributed by atoms with Crippen molar-refractivity contribution in [1.29, 1.82) is 0 Å². The molecule has 0 spiro atoms. The number of aromatic nitrogens is 1. The number of carbonyl (C=O) groups is 3. The van der Waals surface area contributed by atoms with Crippen LogP contribution in [0.25, 0.3) is 11.6 Å². The average molecular weight is 660 g/mol. The Labute approximate surface area is 263 Å². The van der Waals surface area contributed by atoms with Gasteiger partial charge in [0.1, 0.15) is 18.1 Å². The molecule has 3 aliphatic rings. The number of phenolic OH excluding ortho intramolecular Hbond substituents is 1. The van der Waals surface area contributed by atoms with E-state index >= 15 is 0 Å². The number of fused-ring (bicyclic) bond motifs is 3. The van der Waals surface area contributed by atoms with Gasteiger partial charge in [-0.3, -0.25) is 14.6 Å². The van der Waals surface area contributed by atoms with Gasteiger partial charge in [-0.05, 0) is 84.5 Å². The standard InChI is InChI=1S/C34H31BrN2O7/c1-42-34(41)37-32(39)25-17-22(18-43-24-7-3-2-4-8-24)30-26(31(25)33(37)40)19-44-29(30)13-10-20(27-9-5-6-14-36-27)15-21-16-23(35)11-12-28(21)38/h2-9,11-12,14-16,25-26,29,31,38H,10,13,17-19H2,1H3/b20-15-/t25-,26+,29-,31-/m1/s1. The van der Waals surface area contributed by atoms with E-state index in [0.29, 0.717) is 29.1 Å². The van der Waals surface area contributed by atoms with Gasteiger partial charge in [0, 0.05) is 22.2 Å². The number of methoxy groups -OCH3 is 1. The van der Waals surface area contributed by atoms with E-state index in [4.69, 9.17) is 14.2 Å². The molecule has 6 rings (SSSR count). The molecule has 0 unspecified atom stereocenters. The van der Waals surface area contributed by atoms with Crippen LogP contribution in [0.4, 0.5) is 4.79 Å². The van der Waals surface area contributed by atoms with Crippen molar-refractivity contribution in [3.8, 4) is 11.5 Å². The van der Waals surface area contributed by atoms with Crippen molar-refractivity contribution in [2.45, 2.75) is 25.4 Å². The zero-order chi connectivity index (χ0) is 30.8. The molecule has 4 atom stereocenters. The van der Waals surface area contributed by atoms with Crippen LogP contribution in [0.5, 0.6) is 11.5 Å². The maximum atomic E-state index is 13.4. The van der Waals surface area contributed by atoms with Crippen LogP contribution in [0, 0.1) is 17.8 Å². The second-order valence-corrected chi connectivity index (χ2v) is 11.9. The first kappa shape index (κ1) is 29.8. The maximum absolute atomic E-state index is 13.4. The third-order valence-corrected chi connectivity index (χ3v) is 9.00. The van der Waals surface area contributed by atoms with E-state index in [1.165, 1.54) is 0 Å². The Balaban J connectivity index is 1.32. The highest BCUT2D eigenvalue weighted by Crippen LogP contribution is 2.50. The average Bonchev–Trinajstić information content (AvgIpc) is 3.58. The predicted octanol–water partition coefficient (Wildman–Crippen LogP) is 6.03. The monoisotopic (exact) mass is 658 g/mol. The van der Waals surface area contributed by atoms with Gasteiger partial charge in [0.25, 0.3) is 0 Å². The Morgan fingerprint density at radius 1 is 1.09 bits per heavy atom. The normalized spacial score (nSPS) is 23.0. The number of likely N-dealkylation sites (tertiary alicyclic amines) is 1. The number of nitrogens with zero attached hydrogens (tertiary/aromatic N) is 2. The molecule has 3 aromatic rings. The Kier molecular flexibility index (Phi) is 8.63. The highest BCUT2D eigenvalue weighted by Gasteiger charge is 2.59. The molecule has 0 saturated carbocycles. The van der Waals surface area contributed by atoms with Crippen LogP contribution < -0.4 is 4.74 Å². The third-order valence-electron chi connectivity index (χ3n) is 8.51. The van der Waals surface area contributed by atoms with Gasteiger partial charge in [-0.1, -0.05) is 40.2 Å². The summed E-state index contributed by atoms with van der Waals surface area (Å²) in [5, 5.41) is 10.5. The van der Waals surface area contributed by atoms with Gasteiger partial charge in [-0.2, -0.15) is 4.90 Å². The van der Waals surface area contributed by atoms with Crippen LogP contribution in [0.1, 0.15) is 30.5 Å². The molecule has 0 radical (unpaired) electrons. The van der Waals surface area contributed by atoms with Crippen molar-refractivity contribution < 1.29 is 33.7 Å². The van der Waals surface area contributed by atoms with Crippen LogP contribution in [-0.4, -0.2) is 59.3 Å². The number of pyridine rings is 1. The molecule has 1 N–H and O–H groups in total. The molecular formula is C34H31BrN2O7. The van der Waals surface area contributed by atoms with Gasteiger partial charge in [0.15, 0.2) is 0 Å². The van der Waals surface area contributed by atoms with Crippen LogP contribution in [0.2, 0.25) is 0 Å². The number of phenols is 1. The molecule has 2 saturated heterocycles. The minimum Gasteiger partial charge on any atom is -0.507 e. The molecule has 3 amide bonds. The second-order valence-electron chi connectivity index (χ2n) is 11.0. The summed E-state index contributed by atoms with van der Waals surface area (Å²) in [6.45, 7) is 0.479. The van der Waals surface area contributed by atoms with Gasteiger partial charge >= 0.3 is 6.09 Å². The number of para-hydroxylation sites is 1. The molecule has 10 heteroatoms. The lowest BCUT2D eigenvalue weighted by molar-refractivity contribution is -0.137. The van der Waals surface area contributed by atoms with Gasteiger partial charge in [-0.15, -0.1) is 0 Å². The smallest absolute Gasteiger partial charge is 0.423 e. The molecule has 2 aromatic carbocycles. The molecule has 1 aromatic heterocycles. The lowest BCUT2D eigenvalue weighted by Gasteiger charge is -2.31. The van der Waals surface area contributed by atoms with Crippen LogP contribution in [0.3, 0.4) is 0 Å². The Morgan fingerprint density at radius 2 is 1.89 bits per heavy atom. The summed E-state index contributed by atoms with van der Waals surface area (Å²) >= 11 is 3.48. The summed E-state index contributed by atoms with van der Waals surface area (Å²) < 4.78 is 18.1. The fraction of sp³-hybridized carbons (Fsp3) is 0.294. The first-order chi connectivity index (χ1) is 21.4. The summed E-state index contributed by atoms with van der Waals surface area (Å²) in [7, 11) is 1.16. The molecular weight excluding hydrogens is 628 g/mol. The van der Waals surface area contributed by atoms with E-state index in [1.807, 2.05) is 60.7 Å². The lowest BCUT2D eigenvalue weighted by Crippen LogP contribution is -2.38. The zero-order valence-electron chi connectivity index (χ0n) is 24.0. The van der Waals surface area contributed by atoms with Crippen molar-refractivity contribution in [3.05, 3.63) is 99.8 Å². The molecule has 1 aliphatic carbocycles. The highest BCUT2D eigenvalue weighted by molar-refractivity contribution is 9.10. The van der Waals surface area contributed by atoms with E-state index in [0.717, 1.165) is 34.0 Å². The number of benzene rings is 2. The zero-order valence-corrected chi connectivity index (χ0v) is 25.6. The number of rotatable bonds is 8. The quantitative estimate of drug-likeness (QED) is 0.230. The Bertz CT molecular complexity index is 1640. The van der Waals surface area contributed by atoms with Gasteiger partial charge in [0.2, 0.25) is 11.8 Å². The molecule has 3 heterocycles. The molecule has 226 valence electrons. The Morgan fingerprint density at radius 3 is 2.64 bits per heavy atom. The van der Waals surface area contributed by atoms with Crippen molar-refractivity contribution in [1.82, 2.24) is 9.88 Å². The molecule has 44 heavy (non-hydrogen) atoms. The molecule has 9 nitrogen and oxygen atoms in total. The first-order valence-corrected chi connectivity index (χ1v) is 15.2. The summed E-state index contributed by atoms with van der Waals surface area (Å²) in [5.41, 5.74) is 4.20. The second kappa shape index (κ2) is 12.8. The summed E-state index contributed by atoms with van der Waals surface area (Å²) in [6, 6.07) is 20.3. The van der Waals surface area contributed by atoms with E-state index in [-0.39, 0.29) is 37.4 Å². The topological polar surface area (TPSA) is 115 Å². The number of hydrogen-bond donors (Lipinski definition) is 1.